The highest BCUT2D eigenvalue weighted by molar-refractivity contribution is 6.29. The van der Waals surface area contributed by atoms with Crippen molar-refractivity contribution in [2.45, 2.75) is 25.9 Å². The summed E-state index contributed by atoms with van der Waals surface area (Å²) in [5.41, 5.74) is 1.21. The largest absolute Gasteiger partial charge is 0.380 e. The highest BCUT2D eigenvalue weighted by atomic mass is 35.5. The van der Waals surface area contributed by atoms with Crippen molar-refractivity contribution < 1.29 is 4.74 Å². The van der Waals surface area contributed by atoms with E-state index in [0.717, 1.165) is 32.7 Å². The average molecular weight is 241 g/mol. The van der Waals surface area contributed by atoms with Crippen LogP contribution in [0.15, 0.2) is 18.3 Å². The molecule has 0 spiro atoms. The molecule has 3 nitrogen and oxygen atoms in total. The second-order valence-corrected chi connectivity index (χ2v) is 4.60. The molecule has 0 bridgehead atoms. The number of halogens is 1. The summed E-state index contributed by atoms with van der Waals surface area (Å²) in [6.07, 6.45) is 2.95. The van der Waals surface area contributed by atoms with E-state index in [0.29, 0.717) is 11.2 Å². The van der Waals surface area contributed by atoms with Crippen molar-refractivity contribution in [2.75, 3.05) is 19.8 Å². The maximum Gasteiger partial charge on any atom is 0.129 e. The maximum atomic E-state index is 5.76. The number of nitrogens with zero attached hydrogens (tertiary/aromatic N) is 2. The fourth-order valence-electron chi connectivity index (χ4n) is 1.91. The average Bonchev–Trinajstić information content (AvgIpc) is 2.48. The van der Waals surface area contributed by atoms with Gasteiger partial charge in [0, 0.05) is 31.9 Å². The fourth-order valence-corrected chi connectivity index (χ4v) is 2.02. The molecule has 1 unspecified atom stereocenters. The topological polar surface area (TPSA) is 25.4 Å². The monoisotopic (exact) mass is 240 g/mol. The van der Waals surface area contributed by atoms with Crippen LogP contribution in [0.4, 0.5) is 0 Å². The Morgan fingerprint density at radius 3 is 3.12 bits per heavy atom. The van der Waals surface area contributed by atoms with Crippen molar-refractivity contribution in [3.05, 3.63) is 29.0 Å². The molecule has 1 aliphatic heterocycles. The van der Waals surface area contributed by atoms with E-state index < -0.39 is 0 Å². The van der Waals surface area contributed by atoms with E-state index in [-0.39, 0.29) is 0 Å². The Morgan fingerprint density at radius 1 is 1.50 bits per heavy atom. The van der Waals surface area contributed by atoms with Gasteiger partial charge in [0.05, 0.1) is 6.61 Å². The van der Waals surface area contributed by atoms with E-state index in [2.05, 4.69) is 16.8 Å². The Labute approximate surface area is 101 Å². The standard InChI is InChI=1S/C12H17ClN2O/c1-10-4-6-16-7-5-15(10)9-11-2-3-12(13)14-8-11/h2-3,8,10H,4-7,9H2,1H3. The molecule has 16 heavy (non-hydrogen) atoms. The van der Waals surface area contributed by atoms with Gasteiger partial charge in [-0.25, -0.2) is 4.98 Å². The van der Waals surface area contributed by atoms with Gasteiger partial charge in [-0.05, 0) is 25.0 Å². The lowest BCUT2D eigenvalue weighted by atomic mass is 10.2. The lowest BCUT2D eigenvalue weighted by Gasteiger charge is -2.25. The SMILES string of the molecule is CC1CCOCCN1Cc1ccc(Cl)nc1. The van der Waals surface area contributed by atoms with Gasteiger partial charge in [-0.3, -0.25) is 4.90 Å². The number of pyridine rings is 1. The van der Waals surface area contributed by atoms with Gasteiger partial charge in [0.2, 0.25) is 0 Å². The summed E-state index contributed by atoms with van der Waals surface area (Å²) in [5.74, 6) is 0. The van der Waals surface area contributed by atoms with Gasteiger partial charge in [0.15, 0.2) is 0 Å². The van der Waals surface area contributed by atoms with Crippen LogP contribution in [0, 0.1) is 0 Å². The van der Waals surface area contributed by atoms with Crippen LogP contribution in [0.5, 0.6) is 0 Å². The van der Waals surface area contributed by atoms with Crippen molar-refractivity contribution in [2.24, 2.45) is 0 Å². The molecule has 88 valence electrons. The third-order valence-corrected chi connectivity index (χ3v) is 3.22. The summed E-state index contributed by atoms with van der Waals surface area (Å²) in [4.78, 5) is 6.53. The molecule has 2 heterocycles. The second kappa shape index (κ2) is 5.62. The molecular weight excluding hydrogens is 224 g/mol. The van der Waals surface area contributed by atoms with Crippen molar-refractivity contribution in [1.29, 1.82) is 0 Å². The smallest absolute Gasteiger partial charge is 0.129 e. The maximum absolute atomic E-state index is 5.76. The van der Waals surface area contributed by atoms with E-state index in [1.165, 1.54) is 5.56 Å². The zero-order valence-corrected chi connectivity index (χ0v) is 10.3. The van der Waals surface area contributed by atoms with Crippen LogP contribution < -0.4 is 0 Å². The van der Waals surface area contributed by atoms with Crippen LogP contribution >= 0.6 is 11.6 Å². The molecule has 1 aromatic heterocycles. The van der Waals surface area contributed by atoms with Gasteiger partial charge < -0.3 is 4.74 Å². The molecule has 1 atom stereocenters. The first-order chi connectivity index (χ1) is 7.75. The minimum absolute atomic E-state index is 0.552. The van der Waals surface area contributed by atoms with Crippen LogP contribution in [0.25, 0.3) is 0 Å². The lowest BCUT2D eigenvalue weighted by molar-refractivity contribution is 0.139. The van der Waals surface area contributed by atoms with Crippen molar-refractivity contribution in [3.8, 4) is 0 Å². The summed E-state index contributed by atoms with van der Waals surface area (Å²) in [6, 6.07) is 4.45. The van der Waals surface area contributed by atoms with Crippen molar-refractivity contribution in [3.63, 3.8) is 0 Å². The quantitative estimate of drug-likeness (QED) is 0.742. The summed E-state index contributed by atoms with van der Waals surface area (Å²) < 4.78 is 5.47. The highest BCUT2D eigenvalue weighted by Crippen LogP contribution is 2.13. The van der Waals surface area contributed by atoms with Gasteiger partial charge in [-0.1, -0.05) is 17.7 Å². The number of aromatic nitrogens is 1. The summed E-state index contributed by atoms with van der Waals surface area (Å²) in [7, 11) is 0. The Balaban J connectivity index is 1.99. The number of hydrogen-bond acceptors (Lipinski definition) is 3. The highest BCUT2D eigenvalue weighted by Gasteiger charge is 2.17. The number of ether oxygens (including phenoxy) is 1. The summed E-state index contributed by atoms with van der Waals surface area (Å²) >= 11 is 5.76. The molecule has 0 aliphatic carbocycles. The first-order valence-corrected chi connectivity index (χ1v) is 6.06. The Bertz CT molecular complexity index is 328. The molecule has 0 radical (unpaired) electrons. The first-order valence-electron chi connectivity index (χ1n) is 5.68. The van der Waals surface area contributed by atoms with E-state index in [4.69, 9.17) is 16.3 Å². The zero-order chi connectivity index (χ0) is 11.4. The molecule has 1 aromatic rings. The van der Waals surface area contributed by atoms with Gasteiger partial charge >= 0.3 is 0 Å². The van der Waals surface area contributed by atoms with Crippen molar-refractivity contribution in [1.82, 2.24) is 9.88 Å². The minimum atomic E-state index is 0.552. The molecule has 1 saturated heterocycles. The molecule has 2 rings (SSSR count). The normalized spacial score (nSPS) is 23.0. The molecule has 1 aliphatic rings. The van der Waals surface area contributed by atoms with Crippen LogP contribution in [-0.4, -0.2) is 35.7 Å². The number of hydrogen-bond donors (Lipinski definition) is 0. The molecule has 1 fully saturated rings. The second-order valence-electron chi connectivity index (χ2n) is 4.21. The number of rotatable bonds is 2. The Kier molecular flexibility index (Phi) is 4.16. The Hall–Kier alpha value is -0.640. The van der Waals surface area contributed by atoms with Gasteiger partial charge in [-0.2, -0.15) is 0 Å². The third-order valence-electron chi connectivity index (χ3n) is 3.00. The zero-order valence-electron chi connectivity index (χ0n) is 9.53. The molecule has 4 heteroatoms. The molecule has 0 N–H and O–H groups in total. The molecule has 0 amide bonds. The van der Waals surface area contributed by atoms with Crippen LogP contribution in [0.3, 0.4) is 0 Å². The van der Waals surface area contributed by atoms with Crippen LogP contribution in [0.1, 0.15) is 18.9 Å². The fraction of sp³-hybridized carbons (Fsp3) is 0.583. The first kappa shape index (κ1) is 11.8. The predicted octanol–water partition coefficient (Wildman–Crippen LogP) is 2.35. The van der Waals surface area contributed by atoms with Gasteiger partial charge in [0.1, 0.15) is 5.15 Å². The molecule has 0 saturated carbocycles. The summed E-state index contributed by atoms with van der Waals surface area (Å²) in [5, 5.41) is 0.552. The third kappa shape index (κ3) is 3.17. The van der Waals surface area contributed by atoms with E-state index in [9.17, 15) is 0 Å². The predicted molar refractivity (Wildman–Crippen MR) is 64.6 cm³/mol. The Morgan fingerprint density at radius 2 is 2.38 bits per heavy atom. The molecular formula is C12H17ClN2O. The van der Waals surface area contributed by atoms with Gasteiger partial charge in [-0.15, -0.1) is 0 Å². The van der Waals surface area contributed by atoms with E-state index >= 15 is 0 Å². The van der Waals surface area contributed by atoms with Gasteiger partial charge in [0.25, 0.3) is 0 Å². The van der Waals surface area contributed by atoms with Crippen molar-refractivity contribution >= 4 is 11.6 Å². The minimum Gasteiger partial charge on any atom is -0.380 e. The van der Waals surface area contributed by atoms with E-state index in [1.807, 2.05) is 18.3 Å². The van der Waals surface area contributed by atoms with Crippen LogP contribution in [-0.2, 0) is 11.3 Å². The van der Waals surface area contributed by atoms with Crippen LogP contribution in [0.2, 0.25) is 5.15 Å². The molecule has 0 aromatic carbocycles. The summed E-state index contributed by atoms with van der Waals surface area (Å²) in [6.45, 7) is 5.86. The van der Waals surface area contributed by atoms with E-state index in [1.54, 1.807) is 0 Å². The lowest BCUT2D eigenvalue weighted by Crippen LogP contribution is -2.33.